The molecular formula is C27H29N3O. The maximum Gasteiger partial charge on any atom is 0.251 e. The van der Waals surface area contributed by atoms with E-state index in [-0.39, 0.29) is 5.91 Å². The van der Waals surface area contributed by atoms with Gasteiger partial charge in [0.1, 0.15) is 5.82 Å². The highest BCUT2D eigenvalue weighted by Gasteiger charge is 2.12. The van der Waals surface area contributed by atoms with Crippen LogP contribution in [0.15, 0.2) is 78.9 Å². The van der Waals surface area contributed by atoms with E-state index < -0.39 is 0 Å². The van der Waals surface area contributed by atoms with E-state index in [9.17, 15) is 4.79 Å². The highest BCUT2D eigenvalue weighted by molar-refractivity contribution is 5.94. The number of aromatic nitrogens is 2. The van der Waals surface area contributed by atoms with Crippen molar-refractivity contribution >= 4 is 16.9 Å². The second-order valence-corrected chi connectivity index (χ2v) is 8.03. The van der Waals surface area contributed by atoms with Crippen LogP contribution in [0.2, 0.25) is 0 Å². The highest BCUT2D eigenvalue weighted by atomic mass is 16.1. The third-order valence-corrected chi connectivity index (χ3v) is 5.91. The fraction of sp³-hybridized carbons (Fsp3) is 0.259. The third-order valence-electron chi connectivity index (χ3n) is 5.91. The van der Waals surface area contributed by atoms with Gasteiger partial charge in [-0.05, 0) is 47.7 Å². The molecule has 31 heavy (non-hydrogen) atoms. The van der Waals surface area contributed by atoms with Gasteiger partial charge >= 0.3 is 0 Å². The van der Waals surface area contributed by atoms with Crippen LogP contribution in [-0.4, -0.2) is 22.0 Å². The summed E-state index contributed by atoms with van der Waals surface area (Å²) in [5.41, 5.74) is 5.42. The second-order valence-electron chi connectivity index (χ2n) is 8.03. The summed E-state index contributed by atoms with van der Waals surface area (Å²) in [7, 11) is 0. The molecule has 0 bridgehead atoms. The molecular weight excluding hydrogens is 382 g/mol. The van der Waals surface area contributed by atoms with Crippen molar-refractivity contribution in [3.05, 3.63) is 101 Å². The maximum absolute atomic E-state index is 12.4. The molecule has 1 amide bonds. The largest absolute Gasteiger partial charge is 0.352 e. The Balaban J connectivity index is 1.51. The molecule has 1 unspecified atom stereocenters. The lowest BCUT2D eigenvalue weighted by atomic mass is 9.98. The Bertz CT molecular complexity index is 1150. The monoisotopic (exact) mass is 411 g/mol. The summed E-state index contributed by atoms with van der Waals surface area (Å²) in [4.78, 5) is 17.2. The predicted octanol–water partition coefficient (Wildman–Crippen LogP) is 5.57. The molecule has 0 fully saturated rings. The van der Waals surface area contributed by atoms with Crippen molar-refractivity contribution in [1.82, 2.24) is 14.9 Å². The van der Waals surface area contributed by atoms with Gasteiger partial charge in [0.2, 0.25) is 0 Å². The SMILES string of the molecule is CCC(C)c1ccc(Cn2c(CCNC(=O)c3ccccc3)nc3ccccc32)cc1. The fourth-order valence-electron chi connectivity index (χ4n) is 3.84. The van der Waals surface area contributed by atoms with Gasteiger partial charge in [0.15, 0.2) is 0 Å². The molecule has 0 aliphatic heterocycles. The van der Waals surface area contributed by atoms with E-state index in [1.165, 1.54) is 11.1 Å². The van der Waals surface area contributed by atoms with Gasteiger partial charge < -0.3 is 9.88 Å². The third kappa shape index (κ3) is 4.85. The van der Waals surface area contributed by atoms with Crippen LogP contribution in [0, 0.1) is 0 Å². The van der Waals surface area contributed by atoms with Gasteiger partial charge in [-0.3, -0.25) is 4.79 Å². The number of hydrogen-bond acceptors (Lipinski definition) is 2. The van der Waals surface area contributed by atoms with Crippen molar-refractivity contribution in [2.45, 2.75) is 39.2 Å². The summed E-state index contributed by atoms with van der Waals surface area (Å²) >= 11 is 0. The van der Waals surface area contributed by atoms with Crippen LogP contribution < -0.4 is 5.32 Å². The van der Waals surface area contributed by atoms with E-state index in [4.69, 9.17) is 4.98 Å². The second kappa shape index (κ2) is 9.61. The van der Waals surface area contributed by atoms with Gasteiger partial charge in [-0.25, -0.2) is 4.98 Å². The fourth-order valence-corrected chi connectivity index (χ4v) is 3.84. The van der Waals surface area contributed by atoms with Crippen LogP contribution in [0.4, 0.5) is 0 Å². The molecule has 0 aliphatic rings. The molecule has 4 aromatic rings. The molecule has 3 aromatic carbocycles. The van der Waals surface area contributed by atoms with E-state index in [0.717, 1.165) is 29.8 Å². The smallest absolute Gasteiger partial charge is 0.251 e. The number of carbonyl (C=O) groups excluding carboxylic acids is 1. The number of fused-ring (bicyclic) bond motifs is 1. The van der Waals surface area contributed by atoms with E-state index >= 15 is 0 Å². The van der Waals surface area contributed by atoms with E-state index in [2.05, 4.69) is 54.1 Å². The number of amides is 1. The topological polar surface area (TPSA) is 46.9 Å². The van der Waals surface area contributed by atoms with Crippen molar-refractivity contribution < 1.29 is 4.79 Å². The van der Waals surface area contributed by atoms with E-state index in [1.807, 2.05) is 48.5 Å². The Kier molecular flexibility index (Phi) is 6.46. The zero-order valence-electron chi connectivity index (χ0n) is 18.2. The number of nitrogens with zero attached hydrogens (tertiary/aromatic N) is 2. The first-order valence-electron chi connectivity index (χ1n) is 11.0. The first-order chi connectivity index (χ1) is 15.2. The minimum Gasteiger partial charge on any atom is -0.352 e. The van der Waals surface area contributed by atoms with Crippen LogP contribution in [-0.2, 0) is 13.0 Å². The Morgan fingerprint density at radius 2 is 1.68 bits per heavy atom. The summed E-state index contributed by atoms with van der Waals surface area (Å²) in [6, 6.07) is 26.5. The first kappa shape index (κ1) is 20.9. The Morgan fingerprint density at radius 3 is 2.42 bits per heavy atom. The van der Waals surface area contributed by atoms with Crippen molar-refractivity contribution in [3.63, 3.8) is 0 Å². The molecule has 1 heterocycles. The van der Waals surface area contributed by atoms with Gasteiger partial charge in [0, 0.05) is 25.1 Å². The highest BCUT2D eigenvalue weighted by Crippen LogP contribution is 2.21. The van der Waals surface area contributed by atoms with Crippen molar-refractivity contribution in [3.8, 4) is 0 Å². The molecule has 1 aromatic heterocycles. The quantitative estimate of drug-likeness (QED) is 0.412. The lowest BCUT2D eigenvalue weighted by Crippen LogP contribution is -2.26. The van der Waals surface area contributed by atoms with Gasteiger partial charge in [-0.2, -0.15) is 0 Å². The normalized spacial score (nSPS) is 12.1. The van der Waals surface area contributed by atoms with E-state index in [0.29, 0.717) is 24.4 Å². The number of imidazole rings is 1. The number of carbonyl (C=O) groups is 1. The average Bonchev–Trinajstić information content (AvgIpc) is 3.16. The molecule has 0 saturated carbocycles. The zero-order chi connectivity index (χ0) is 21.6. The zero-order valence-corrected chi connectivity index (χ0v) is 18.2. The van der Waals surface area contributed by atoms with Crippen LogP contribution >= 0.6 is 0 Å². The molecule has 0 radical (unpaired) electrons. The molecule has 4 heteroatoms. The molecule has 0 saturated heterocycles. The standard InChI is InChI=1S/C27H29N3O/c1-3-20(2)22-15-13-21(14-16-22)19-30-25-12-8-7-11-24(25)29-26(30)17-18-28-27(31)23-9-5-4-6-10-23/h4-16,20H,3,17-19H2,1-2H3,(H,28,31). The van der Waals surface area contributed by atoms with Crippen LogP contribution in [0.5, 0.6) is 0 Å². The number of benzene rings is 3. The predicted molar refractivity (Wildman–Crippen MR) is 126 cm³/mol. The average molecular weight is 412 g/mol. The van der Waals surface area contributed by atoms with Crippen molar-refractivity contribution in [1.29, 1.82) is 0 Å². The van der Waals surface area contributed by atoms with Crippen LogP contribution in [0.25, 0.3) is 11.0 Å². The van der Waals surface area contributed by atoms with Crippen LogP contribution in [0.1, 0.15) is 53.5 Å². The van der Waals surface area contributed by atoms with Gasteiger partial charge in [-0.15, -0.1) is 0 Å². The Hall–Kier alpha value is -3.40. The van der Waals surface area contributed by atoms with Gasteiger partial charge in [-0.1, -0.05) is 68.4 Å². The minimum absolute atomic E-state index is 0.0520. The molecule has 1 N–H and O–H groups in total. The molecule has 158 valence electrons. The lowest BCUT2D eigenvalue weighted by Gasteiger charge is -2.13. The molecule has 0 aliphatic carbocycles. The van der Waals surface area contributed by atoms with E-state index in [1.54, 1.807) is 0 Å². The number of para-hydroxylation sites is 2. The number of hydrogen-bond donors (Lipinski definition) is 1. The lowest BCUT2D eigenvalue weighted by molar-refractivity contribution is 0.0954. The number of rotatable bonds is 8. The molecule has 4 nitrogen and oxygen atoms in total. The van der Waals surface area contributed by atoms with Crippen molar-refractivity contribution in [2.24, 2.45) is 0 Å². The summed E-state index contributed by atoms with van der Waals surface area (Å²) in [6.07, 6.45) is 1.82. The van der Waals surface area contributed by atoms with Gasteiger partial charge in [0.25, 0.3) is 5.91 Å². The Morgan fingerprint density at radius 1 is 0.968 bits per heavy atom. The first-order valence-corrected chi connectivity index (χ1v) is 11.0. The van der Waals surface area contributed by atoms with Gasteiger partial charge in [0.05, 0.1) is 11.0 Å². The summed E-state index contributed by atoms with van der Waals surface area (Å²) in [5.74, 6) is 1.51. The molecule has 1 atom stereocenters. The molecule has 4 rings (SSSR count). The summed E-state index contributed by atoms with van der Waals surface area (Å²) < 4.78 is 2.27. The summed E-state index contributed by atoms with van der Waals surface area (Å²) in [6.45, 7) is 5.80. The molecule has 0 spiro atoms. The Labute approximate surface area is 183 Å². The maximum atomic E-state index is 12.4. The summed E-state index contributed by atoms with van der Waals surface area (Å²) in [5, 5.41) is 3.02. The van der Waals surface area contributed by atoms with Crippen molar-refractivity contribution in [2.75, 3.05) is 6.54 Å². The van der Waals surface area contributed by atoms with Crippen LogP contribution in [0.3, 0.4) is 0 Å². The number of nitrogens with one attached hydrogen (secondary N) is 1. The minimum atomic E-state index is -0.0520.